The molecule has 24 heavy (non-hydrogen) atoms. The van der Waals surface area contributed by atoms with Crippen LogP contribution in [0.4, 0.5) is 0 Å². The number of hydrogen-bond acceptors (Lipinski definition) is 4. The van der Waals surface area contributed by atoms with Gasteiger partial charge in [-0.05, 0) is 11.1 Å². The Hall–Kier alpha value is -2.66. The van der Waals surface area contributed by atoms with E-state index in [1.165, 1.54) is 7.11 Å². The third-order valence-electron chi connectivity index (χ3n) is 3.84. The third-order valence-corrected chi connectivity index (χ3v) is 3.84. The minimum Gasteiger partial charge on any atom is -0.467 e. The lowest BCUT2D eigenvalue weighted by atomic mass is 9.97. The van der Waals surface area contributed by atoms with E-state index in [1.807, 2.05) is 60.7 Å². The van der Waals surface area contributed by atoms with Gasteiger partial charge in [0, 0.05) is 13.0 Å². The van der Waals surface area contributed by atoms with Crippen LogP contribution in [0.5, 0.6) is 0 Å². The zero-order chi connectivity index (χ0) is 17.4. The van der Waals surface area contributed by atoms with Gasteiger partial charge in [-0.15, -0.1) is 0 Å². The second-order valence-electron chi connectivity index (χ2n) is 5.47. The fourth-order valence-corrected chi connectivity index (χ4v) is 2.54. The zero-order valence-corrected chi connectivity index (χ0v) is 13.6. The number of nitrogens with two attached hydrogens (primary N) is 1. The second-order valence-corrected chi connectivity index (χ2v) is 5.47. The molecule has 0 aliphatic carbocycles. The Kier molecular flexibility index (Phi) is 6.51. The molecule has 5 heteroatoms. The molecular formula is C19H22N2O3. The quantitative estimate of drug-likeness (QED) is 0.758. The fourth-order valence-electron chi connectivity index (χ4n) is 2.54. The van der Waals surface area contributed by atoms with Crippen LogP contribution in [-0.4, -0.2) is 31.6 Å². The molecule has 1 amide bonds. The van der Waals surface area contributed by atoms with Crippen LogP contribution in [0, 0.1) is 0 Å². The van der Waals surface area contributed by atoms with Crippen molar-refractivity contribution in [3.05, 3.63) is 71.8 Å². The molecule has 2 unspecified atom stereocenters. The molecule has 0 aromatic heterocycles. The number of ether oxygens (including phenoxy) is 1. The molecule has 2 aromatic rings. The first-order valence-electron chi connectivity index (χ1n) is 7.82. The van der Waals surface area contributed by atoms with Crippen LogP contribution in [0.3, 0.4) is 0 Å². The fraction of sp³-hybridized carbons (Fsp3) is 0.263. The molecule has 2 rings (SSSR count). The smallest absolute Gasteiger partial charge is 0.328 e. The Balaban J connectivity index is 2.13. The number of hydrogen-bond donors (Lipinski definition) is 2. The van der Waals surface area contributed by atoms with Crippen molar-refractivity contribution in [1.82, 2.24) is 5.32 Å². The van der Waals surface area contributed by atoms with E-state index in [0.29, 0.717) is 6.42 Å². The predicted molar refractivity (Wildman–Crippen MR) is 92.3 cm³/mol. The van der Waals surface area contributed by atoms with Crippen molar-refractivity contribution in [2.45, 2.75) is 18.4 Å². The molecule has 2 atom stereocenters. The summed E-state index contributed by atoms with van der Waals surface area (Å²) in [7, 11) is 1.31. The van der Waals surface area contributed by atoms with Crippen molar-refractivity contribution in [2.75, 3.05) is 13.7 Å². The summed E-state index contributed by atoms with van der Waals surface area (Å²) in [4.78, 5) is 24.6. The summed E-state index contributed by atoms with van der Waals surface area (Å²) in [6.07, 6.45) is 0.366. The first-order valence-corrected chi connectivity index (χ1v) is 7.82. The summed E-state index contributed by atoms with van der Waals surface area (Å²) in [6, 6.07) is 18.0. The summed E-state index contributed by atoms with van der Waals surface area (Å²) in [5.41, 5.74) is 7.53. The van der Waals surface area contributed by atoms with Gasteiger partial charge in [0.1, 0.15) is 6.04 Å². The standard InChI is InChI=1S/C19H22N2O3/c1-24-19(23)17(12-14-8-4-2-5-9-14)21-18(22)16(13-20)15-10-6-3-7-11-15/h2-11,16-17H,12-13,20H2,1H3,(H,21,22). The van der Waals surface area contributed by atoms with E-state index in [2.05, 4.69) is 5.32 Å². The van der Waals surface area contributed by atoms with Crippen LogP contribution in [0.25, 0.3) is 0 Å². The summed E-state index contributed by atoms with van der Waals surface area (Å²) >= 11 is 0. The summed E-state index contributed by atoms with van der Waals surface area (Å²) < 4.78 is 4.82. The molecule has 0 saturated heterocycles. The van der Waals surface area contributed by atoms with Crippen molar-refractivity contribution in [2.24, 2.45) is 5.73 Å². The average Bonchev–Trinajstić information content (AvgIpc) is 2.63. The van der Waals surface area contributed by atoms with E-state index in [9.17, 15) is 9.59 Å². The summed E-state index contributed by atoms with van der Waals surface area (Å²) in [5.74, 6) is -1.26. The minimum absolute atomic E-state index is 0.162. The van der Waals surface area contributed by atoms with Crippen molar-refractivity contribution in [1.29, 1.82) is 0 Å². The topological polar surface area (TPSA) is 81.4 Å². The highest BCUT2D eigenvalue weighted by atomic mass is 16.5. The molecule has 0 spiro atoms. The summed E-state index contributed by atoms with van der Waals surface area (Å²) in [5, 5.41) is 2.77. The van der Waals surface area contributed by atoms with Crippen molar-refractivity contribution in [3.8, 4) is 0 Å². The van der Waals surface area contributed by atoms with Crippen LogP contribution in [0.2, 0.25) is 0 Å². The van der Waals surface area contributed by atoms with Crippen LogP contribution in [0.15, 0.2) is 60.7 Å². The SMILES string of the molecule is COC(=O)C(Cc1ccccc1)NC(=O)C(CN)c1ccccc1. The van der Waals surface area contributed by atoms with Gasteiger partial charge in [0.15, 0.2) is 0 Å². The Morgan fingerprint density at radius 3 is 2.17 bits per heavy atom. The number of amides is 1. The molecular weight excluding hydrogens is 304 g/mol. The Morgan fingerprint density at radius 2 is 1.62 bits per heavy atom. The third kappa shape index (κ3) is 4.67. The lowest BCUT2D eigenvalue weighted by Crippen LogP contribution is -2.46. The molecule has 3 N–H and O–H groups in total. The highest BCUT2D eigenvalue weighted by molar-refractivity contribution is 5.89. The Labute approximate surface area is 141 Å². The maximum absolute atomic E-state index is 12.6. The Morgan fingerprint density at radius 1 is 1.04 bits per heavy atom. The zero-order valence-electron chi connectivity index (χ0n) is 13.6. The lowest BCUT2D eigenvalue weighted by Gasteiger charge is -2.21. The molecule has 2 aromatic carbocycles. The molecule has 0 radical (unpaired) electrons. The molecule has 0 aliphatic rings. The number of benzene rings is 2. The van der Waals surface area contributed by atoms with Gasteiger partial charge in [0.05, 0.1) is 13.0 Å². The van der Waals surface area contributed by atoms with Crippen LogP contribution < -0.4 is 11.1 Å². The van der Waals surface area contributed by atoms with Crippen molar-refractivity contribution in [3.63, 3.8) is 0 Å². The van der Waals surface area contributed by atoms with Gasteiger partial charge in [0.2, 0.25) is 5.91 Å². The molecule has 0 aliphatic heterocycles. The molecule has 126 valence electrons. The summed E-state index contributed by atoms with van der Waals surface area (Å²) in [6.45, 7) is 0.162. The van der Waals surface area contributed by atoms with E-state index in [0.717, 1.165) is 11.1 Å². The van der Waals surface area contributed by atoms with Crippen LogP contribution in [0.1, 0.15) is 17.0 Å². The van der Waals surface area contributed by atoms with Crippen molar-refractivity contribution < 1.29 is 14.3 Å². The second kappa shape index (κ2) is 8.84. The van der Waals surface area contributed by atoms with Gasteiger partial charge in [-0.3, -0.25) is 4.79 Å². The normalized spacial score (nSPS) is 12.9. The van der Waals surface area contributed by atoms with Gasteiger partial charge < -0.3 is 15.8 Å². The number of nitrogens with one attached hydrogen (secondary N) is 1. The molecule has 5 nitrogen and oxygen atoms in total. The number of methoxy groups -OCH3 is 1. The largest absolute Gasteiger partial charge is 0.467 e. The van der Waals surface area contributed by atoms with E-state index >= 15 is 0 Å². The van der Waals surface area contributed by atoms with Gasteiger partial charge in [-0.25, -0.2) is 4.79 Å². The van der Waals surface area contributed by atoms with Gasteiger partial charge >= 0.3 is 5.97 Å². The number of carbonyl (C=O) groups is 2. The molecule has 0 fully saturated rings. The molecule has 0 heterocycles. The van der Waals surface area contributed by atoms with E-state index < -0.39 is 17.9 Å². The van der Waals surface area contributed by atoms with Crippen molar-refractivity contribution >= 4 is 11.9 Å². The first-order chi connectivity index (χ1) is 11.7. The van der Waals surface area contributed by atoms with E-state index in [1.54, 1.807) is 0 Å². The van der Waals surface area contributed by atoms with Gasteiger partial charge in [-0.1, -0.05) is 60.7 Å². The van der Waals surface area contributed by atoms with Gasteiger partial charge in [0.25, 0.3) is 0 Å². The Bertz CT molecular complexity index is 659. The van der Waals surface area contributed by atoms with E-state index in [-0.39, 0.29) is 12.5 Å². The monoisotopic (exact) mass is 326 g/mol. The highest BCUT2D eigenvalue weighted by Gasteiger charge is 2.26. The number of rotatable bonds is 7. The highest BCUT2D eigenvalue weighted by Crippen LogP contribution is 2.15. The molecule has 0 bridgehead atoms. The number of esters is 1. The van der Waals surface area contributed by atoms with Crippen LogP contribution >= 0.6 is 0 Å². The number of carbonyl (C=O) groups excluding carboxylic acids is 2. The van der Waals surface area contributed by atoms with Crippen LogP contribution in [-0.2, 0) is 20.7 Å². The lowest BCUT2D eigenvalue weighted by molar-refractivity contribution is -0.145. The molecule has 0 saturated carbocycles. The first kappa shape index (κ1) is 17.7. The van der Waals surface area contributed by atoms with E-state index in [4.69, 9.17) is 10.5 Å². The van der Waals surface area contributed by atoms with Gasteiger partial charge in [-0.2, -0.15) is 0 Å². The minimum atomic E-state index is -0.748. The average molecular weight is 326 g/mol. The predicted octanol–water partition coefficient (Wildman–Crippen LogP) is 1.63. The maximum atomic E-state index is 12.6. The maximum Gasteiger partial charge on any atom is 0.328 e.